The zero-order chi connectivity index (χ0) is 15.1. The molecule has 0 aliphatic carbocycles. The van der Waals surface area contributed by atoms with Crippen LogP contribution in [-0.4, -0.2) is 33.4 Å². The lowest BCUT2D eigenvalue weighted by atomic mass is 10.3. The standard InChI is InChI=1S/C14H15NO5S/c16-13(9-21-10-14(17)18)15(7-11-3-1-5-19-11)8-12-4-2-6-20-12/h1-6H,7-10H2,(H,17,18). The summed E-state index contributed by atoms with van der Waals surface area (Å²) in [4.78, 5) is 24.3. The minimum Gasteiger partial charge on any atom is -0.481 e. The molecule has 0 saturated carbocycles. The quantitative estimate of drug-likeness (QED) is 0.805. The second-order valence-corrected chi connectivity index (χ2v) is 5.28. The van der Waals surface area contributed by atoms with Gasteiger partial charge in [0, 0.05) is 0 Å². The van der Waals surface area contributed by atoms with E-state index in [4.69, 9.17) is 13.9 Å². The van der Waals surface area contributed by atoms with Crippen LogP contribution in [0, 0.1) is 0 Å². The summed E-state index contributed by atoms with van der Waals surface area (Å²) < 4.78 is 10.5. The van der Waals surface area contributed by atoms with Crippen LogP contribution < -0.4 is 0 Å². The summed E-state index contributed by atoms with van der Waals surface area (Å²) in [5.41, 5.74) is 0. The average molecular weight is 309 g/mol. The SMILES string of the molecule is O=C(O)CSCC(=O)N(Cc1ccco1)Cc1ccco1. The highest BCUT2D eigenvalue weighted by molar-refractivity contribution is 8.00. The van der Waals surface area contributed by atoms with Crippen LogP contribution in [0.4, 0.5) is 0 Å². The molecule has 6 nitrogen and oxygen atoms in total. The zero-order valence-electron chi connectivity index (χ0n) is 11.2. The Morgan fingerprint density at radius 3 is 2.05 bits per heavy atom. The van der Waals surface area contributed by atoms with Gasteiger partial charge >= 0.3 is 5.97 Å². The first-order valence-corrected chi connectivity index (χ1v) is 7.42. The maximum Gasteiger partial charge on any atom is 0.313 e. The number of carbonyl (C=O) groups is 2. The van der Waals surface area contributed by atoms with Crippen molar-refractivity contribution in [3.63, 3.8) is 0 Å². The number of nitrogens with zero attached hydrogens (tertiary/aromatic N) is 1. The Morgan fingerprint density at radius 1 is 1.05 bits per heavy atom. The van der Waals surface area contributed by atoms with Crippen molar-refractivity contribution in [1.29, 1.82) is 0 Å². The zero-order valence-corrected chi connectivity index (χ0v) is 12.0. The van der Waals surface area contributed by atoms with E-state index >= 15 is 0 Å². The Balaban J connectivity index is 1.96. The summed E-state index contributed by atoms with van der Waals surface area (Å²) >= 11 is 1.07. The van der Waals surface area contributed by atoms with E-state index in [9.17, 15) is 9.59 Å². The van der Waals surface area contributed by atoms with E-state index in [-0.39, 0.29) is 17.4 Å². The van der Waals surface area contributed by atoms with Crippen molar-refractivity contribution in [1.82, 2.24) is 4.90 Å². The largest absolute Gasteiger partial charge is 0.481 e. The lowest BCUT2D eigenvalue weighted by Crippen LogP contribution is -2.31. The third-order valence-corrected chi connectivity index (χ3v) is 3.56. The first-order valence-electron chi connectivity index (χ1n) is 6.27. The summed E-state index contributed by atoms with van der Waals surface area (Å²) in [7, 11) is 0. The van der Waals surface area contributed by atoms with E-state index < -0.39 is 5.97 Å². The van der Waals surface area contributed by atoms with Gasteiger partial charge in [0.2, 0.25) is 5.91 Å². The number of furan rings is 2. The molecule has 2 aromatic rings. The fourth-order valence-electron chi connectivity index (χ4n) is 1.73. The lowest BCUT2D eigenvalue weighted by Gasteiger charge is -2.20. The van der Waals surface area contributed by atoms with Gasteiger partial charge in [0.05, 0.1) is 37.1 Å². The number of hydrogen-bond acceptors (Lipinski definition) is 5. The first-order chi connectivity index (χ1) is 10.1. The van der Waals surface area contributed by atoms with Gasteiger partial charge in [0.1, 0.15) is 11.5 Å². The molecular weight excluding hydrogens is 294 g/mol. The molecule has 2 heterocycles. The van der Waals surface area contributed by atoms with Crippen LogP contribution in [0.25, 0.3) is 0 Å². The van der Waals surface area contributed by atoms with Crippen LogP contribution >= 0.6 is 11.8 Å². The van der Waals surface area contributed by atoms with Crippen molar-refractivity contribution in [2.24, 2.45) is 0 Å². The van der Waals surface area contributed by atoms with Crippen molar-refractivity contribution in [3.8, 4) is 0 Å². The smallest absolute Gasteiger partial charge is 0.313 e. The molecule has 0 atom stereocenters. The highest BCUT2D eigenvalue weighted by Crippen LogP contribution is 2.13. The molecule has 0 saturated heterocycles. The van der Waals surface area contributed by atoms with Crippen LogP contribution in [0.5, 0.6) is 0 Å². The fraction of sp³-hybridized carbons (Fsp3) is 0.286. The summed E-state index contributed by atoms with van der Waals surface area (Å²) in [5.74, 6) is 0.246. The van der Waals surface area contributed by atoms with Crippen molar-refractivity contribution in [3.05, 3.63) is 48.3 Å². The molecule has 21 heavy (non-hydrogen) atoms. The highest BCUT2D eigenvalue weighted by atomic mass is 32.2. The van der Waals surface area contributed by atoms with E-state index in [1.165, 1.54) is 0 Å². The number of amides is 1. The molecule has 0 spiro atoms. The van der Waals surface area contributed by atoms with Gasteiger partial charge in [-0.1, -0.05) is 0 Å². The van der Waals surface area contributed by atoms with E-state index in [0.717, 1.165) is 11.8 Å². The molecule has 0 aliphatic heterocycles. The fourth-order valence-corrected chi connectivity index (χ4v) is 2.36. The van der Waals surface area contributed by atoms with Gasteiger partial charge in [-0.25, -0.2) is 0 Å². The number of carbonyl (C=O) groups excluding carboxylic acids is 1. The summed E-state index contributed by atoms with van der Waals surface area (Å²) in [6, 6.07) is 7.08. The molecule has 0 bridgehead atoms. The summed E-state index contributed by atoms with van der Waals surface area (Å²) in [5, 5.41) is 8.60. The van der Waals surface area contributed by atoms with Gasteiger partial charge in [-0.05, 0) is 24.3 Å². The second kappa shape index (κ2) is 7.58. The maximum atomic E-state index is 12.2. The van der Waals surface area contributed by atoms with Gasteiger partial charge in [-0.15, -0.1) is 11.8 Å². The van der Waals surface area contributed by atoms with Crippen molar-refractivity contribution >= 4 is 23.6 Å². The Bertz CT molecular complexity index is 528. The Morgan fingerprint density at radius 2 is 1.62 bits per heavy atom. The molecule has 0 aliphatic rings. The van der Waals surface area contributed by atoms with Gasteiger partial charge in [0.15, 0.2) is 0 Å². The third-order valence-electron chi connectivity index (χ3n) is 2.66. The molecule has 0 fully saturated rings. The number of carboxylic acids is 1. The van der Waals surface area contributed by atoms with Gasteiger partial charge in [-0.2, -0.15) is 0 Å². The lowest BCUT2D eigenvalue weighted by molar-refractivity contribution is -0.133. The normalized spacial score (nSPS) is 10.5. The van der Waals surface area contributed by atoms with Gasteiger partial charge < -0.3 is 18.8 Å². The monoisotopic (exact) mass is 309 g/mol. The topological polar surface area (TPSA) is 83.9 Å². The Hall–Kier alpha value is -2.15. The van der Waals surface area contributed by atoms with E-state index in [2.05, 4.69) is 0 Å². The van der Waals surface area contributed by atoms with E-state index in [1.807, 2.05) is 0 Å². The Labute approximate surface area is 125 Å². The van der Waals surface area contributed by atoms with Crippen LogP contribution in [0.2, 0.25) is 0 Å². The van der Waals surface area contributed by atoms with Crippen molar-refractivity contribution < 1.29 is 23.5 Å². The Kier molecular flexibility index (Phi) is 5.51. The molecule has 0 unspecified atom stereocenters. The number of thioether (sulfide) groups is 1. The summed E-state index contributed by atoms with van der Waals surface area (Å²) in [6.07, 6.45) is 3.09. The van der Waals surface area contributed by atoms with Gasteiger partial charge in [0.25, 0.3) is 0 Å². The molecule has 112 valence electrons. The number of carboxylic acid groups (broad SMARTS) is 1. The van der Waals surface area contributed by atoms with Crippen LogP contribution in [0.3, 0.4) is 0 Å². The molecule has 2 aromatic heterocycles. The molecule has 7 heteroatoms. The first kappa shape index (κ1) is 15.2. The molecule has 2 rings (SSSR count). The molecule has 1 N–H and O–H groups in total. The van der Waals surface area contributed by atoms with Crippen LogP contribution in [0.1, 0.15) is 11.5 Å². The minimum atomic E-state index is -0.934. The second-order valence-electron chi connectivity index (χ2n) is 4.30. The number of hydrogen-bond donors (Lipinski definition) is 1. The highest BCUT2D eigenvalue weighted by Gasteiger charge is 2.17. The summed E-state index contributed by atoms with van der Waals surface area (Å²) in [6.45, 7) is 0.639. The molecule has 0 aromatic carbocycles. The van der Waals surface area contributed by atoms with Crippen LogP contribution in [-0.2, 0) is 22.7 Å². The number of aliphatic carboxylic acids is 1. The van der Waals surface area contributed by atoms with Crippen LogP contribution in [0.15, 0.2) is 45.6 Å². The predicted octanol–water partition coefficient (Wildman–Crippen LogP) is 2.22. The molecule has 1 amide bonds. The minimum absolute atomic E-state index is 0.0961. The average Bonchev–Trinajstić information content (AvgIpc) is 3.10. The maximum absolute atomic E-state index is 12.2. The third kappa shape index (κ3) is 5.03. The van der Waals surface area contributed by atoms with E-state index in [1.54, 1.807) is 41.7 Å². The van der Waals surface area contributed by atoms with Crippen molar-refractivity contribution in [2.45, 2.75) is 13.1 Å². The van der Waals surface area contributed by atoms with E-state index in [0.29, 0.717) is 24.6 Å². The number of rotatable bonds is 8. The molecular formula is C14H15NO5S. The predicted molar refractivity (Wildman–Crippen MR) is 76.6 cm³/mol. The van der Waals surface area contributed by atoms with Gasteiger partial charge in [-0.3, -0.25) is 9.59 Å². The van der Waals surface area contributed by atoms with Crippen molar-refractivity contribution in [2.75, 3.05) is 11.5 Å². The molecule has 0 radical (unpaired) electrons.